The van der Waals surface area contributed by atoms with Crippen LogP contribution in [0.15, 0.2) is 30.3 Å². The molecule has 0 unspecified atom stereocenters. The highest BCUT2D eigenvalue weighted by Crippen LogP contribution is 2.03. The lowest BCUT2D eigenvalue weighted by atomic mass is 10.2. The Labute approximate surface area is 149 Å². The van der Waals surface area contributed by atoms with Gasteiger partial charge in [0.15, 0.2) is 6.61 Å². The zero-order valence-corrected chi connectivity index (χ0v) is 15.7. The van der Waals surface area contributed by atoms with E-state index in [9.17, 15) is 18.0 Å². The summed E-state index contributed by atoms with van der Waals surface area (Å²) in [6.07, 6.45) is 1.25. The highest BCUT2D eigenvalue weighted by Gasteiger charge is 2.22. The maximum atomic E-state index is 12.0. The number of benzene rings is 1. The third-order valence-electron chi connectivity index (χ3n) is 3.50. The molecule has 0 bridgehead atoms. The first-order chi connectivity index (χ1) is 11.7. The Kier molecular flexibility index (Phi) is 8.57. The Morgan fingerprint density at radius 3 is 2.48 bits per heavy atom. The monoisotopic (exact) mass is 370 g/mol. The maximum Gasteiger partial charge on any atom is 0.324 e. The van der Waals surface area contributed by atoms with Crippen LogP contribution in [-0.4, -0.2) is 50.6 Å². The maximum absolute atomic E-state index is 12.0. The molecule has 1 atom stereocenters. The van der Waals surface area contributed by atoms with E-state index >= 15 is 0 Å². The summed E-state index contributed by atoms with van der Waals surface area (Å²) in [7, 11) is -1.92. The van der Waals surface area contributed by atoms with E-state index in [2.05, 4.69) is 4.72 Å². The third kappa shape index (κ3) is 8.13. The molecule has 0 aliphatic heterocycles. The number of hydrogen-bond acceptors (Lipinski definition) is 5. The molecule has 0 spiro atoms. The minimum Gasteiger partial charge on any atom is -0.454 e. The first-order valence-electron chi connectivity index (χ1n) is 8.19. The molecule has 8 heteroatoms. The van der Waals surface area contributed by atoms with Crippen LogP contribution in [0.1, 0.15) is 32.3 Å². The molecular formula is C17H26N2O5S. The van der Waals surface area contributed by atoms with Gasteiger partial charge >= 0.3 is 5.97 Å². The van der Waals surface area contributed by atoms with Gasteiger partial charge in [0, 0.05) is 13.6 Å². The van der Waals surface area contributed by atoms with Crippen LogP contribution in [0, 0.1) is 0 Å². The minimum absolute atomic E-state index is 0.0418. The van der Waals surface area contributed by atoms with Crippen molar-refractivity contribution in [1.82, 2.24) is 9.62 Å². The molecule has 0 aliphatic carbocycles. The van der Waals surface area contributed by atoms with E-state index in [-0.39, 0.29) is 11.7 Å². The quantitative estimate of drug-likeness (QED) is 0.627. The number of nitrogens with zero attached hydrogens (tertiary/aromatic N) is 1. The first kappa shape index (κ1) is 21.1. The van der Waals surface area contributed by atoms with Crippen LogP contribution < -0.4 is 4.72 Å². The summed E-state index contributed by atoms with van der Waals surface area (Å²) in [6.45, 7) is 3.24. The van der Waals surface area contributed by atoms with Gasteiger partial charge in [-0.15, -0.1) is 0 Å². The molecule has 0 aromatic heterocycles. The fraction of sp³-hybridized carbons (Fsp3) is 0.529. The van der Waals surface area contributed by atoms with Crippen LogP contribution in [-0.2, 0) is 30.9 Å². The highest BCUT2D eigenvalue weighted by molar-refractivity contribution is 7.89. The smallest absolute Gasteiger partial charge is 0.324 e. The fourth-order valence-corrected chi connectivity index (χ4v) is 3.45. The predicted molar refractivity (Wildman–Crippen MR) is 95.2 cm³/mol. The number of amides is 1. The molecule has 7 nitrogen and oxygen atoms in total. The van der Waals surface area contributed by atoms with Crippen LogP contribution in [0.3, 0.4) is 0 Å². The molecular weight excluding hydrogens is 344 g/mol. The van der Waals surface area contributed by atoms with Crippen LogP contribution in [0.25, 0.3) is 0 Å². The Bertz CT molecular complexity index is 661. The van der Waals surface area contributed by atoms with Crippen LogP contribution in [0.4, 0.5) is 0 Å². The number of ether oxygens (including phenoxy) is 1. The van der Waals surface area contributed by atoms with E-state index in [1.54, 1.807) is 7.05 Å². The number of carbonyl (C=O) groups is 2. The molecule has 1 rings (SSSR count). The number of esters is 1. The molecule has 1 N–H and O–H groups in total. The van der Waals surface area contributed by atoms with E-state index in [0.717, 1.165) is 12.0 Å². The second-order valence-electron chi connectivity index (χ2n) is 5.86. The zero-order chi connectivity index (χ0) is 18.9. The van der Waals surface area contributed by atoms with Crippen molar-refractivity contribution in [3.8, 4) is 0 Å². The van der Waals surface area contributed by atoms with Crippen molar-refractivity contribution in [1.29, 1.82) is 0 Å². The number of carbonyl (C=O) groups excluding carboxylic acids is 2. The summed E-state index contributed by atoms with van der Waals surface area (Å²) < 4.78 is 30.7. The van der Waals surface area contributed by atoms with Gasteiger partial charge in [0.1, 0.15) is 6.04 Å². The molecule has 0 radical (unpaired) electrons. The molecule has 25 heavy (non-hydrogen) atoms. The fourth-order valence-electron chi connectivity index (χ4n) is 2.02. The van der Waals surface area contributed by atoms with Crippen LogP contribution in [0.2, 0.25) is 0 Å². The van der Waals surface area contributed by atoms with Gasteiger partial charge in [0.05, 0.1) is 5.75 Å². The lowest BCUT2D eigenvalue weighted by molar-refractivity contribution is -0.152. The number of rotatable bonds is 10. The number of unbranched alkanes of at least 4 members (excludes halogenated alkanes) is 1. The average molecular weight is 370 g/mol. The van der Waals surface area contributed by atoms with Crippen molar-refractivity contribution >= 4 is 21.9 Å². The van der Waals surface area contributed by atoms with Crippen molar-refractivity contribution < 1.29 is 22.7 Å². The van der Waals surface area contributed by atoms with Crippen molar-refractivity contribution in [2.75, 3.05) is 19.4 Å². The predicted octanol–water partition coefficient (Wildman–Crippen LogP) is 1.30. The third-order valence-corrected chi connectivity index (χ3v) is 5.04. The van der Waals surface area contributed by atoms with Gasteiger partial charge in [0.25, 0.3) is 5.91 Å². The van der Waals surface area contributed by atoms with Crippen LogP contribution >= 0.6 is 0 Å². The molecule has 1 amide bonds. The summed E-state index contributed by atoms with van der Waals surface area (Å²) >= 11 is 0. The summed E-state index contributed by atoms with van der Waals surface area (Å²) in [5.74, 6) is -1.18. The van der Waals surface area contributed by atoms with E-state index in [1.165, 1.54) is 11.8 Å². The number of likely N-dealkylation sites (N-methyl/N-ethyl adjacent to an activating group) is 1. The molecule has 0 heterocycles. The van der Waals surface area contributed by atoms with E-state index in [4.69, 9.17) is 4.74 Å². The second-order valence-corrected chi connectivity index (χ2v) is 7.73. The molecule has 0 saturated heterocycles. The Morgan fingerprint density at radius 2 is 1.88 bits per heavy atom. The summed E-state index contributed by atoms with van der Waals surface area (Å²) in [5, 5.41) is 0. The van der Waals surface area contributed by atoms with Gasteiger partial charge in [-0.25, -0.2) is 13.1 Å². The van der Waals surface area contributed by atoms with Crippen molar-refractivity contribution in [3.63, 3.8) is 0 Å². The molecule has 0 aliphatic rings. The van der Waals surface area contributed by atoms with Gasteiger partial charge in [-0.3, -0.25) is 9.59 Å². The number of nitrogens with one attached hydrogen (secondary N) is 1. The Balaban J connectivity index is 2.42. The van der Waals surface area contributed by atoms with Crippen LogP contribution in [0.5, 0.6) is 0 Å². The lowest BCUT2D eigenvalue weighted by Gasteiger charge is -2.18. The lowest BCUT2D eigenvalue weighted by Crippen LogP contribution is -2.42. The highest BCUT2D eigenvalue weighted by atomic mass is 32.2. The topological polar surface area (TPSA) is 92.8 Å². The summed E-state index contributed by atoms with van der Waals surface area (Å²) in [6, 6.07) is 8.39. The molecule has 0 saturated carbocycles. The van der Waals surface area contributed by atoms with Gasteiger partial charge in [0.2, 0.25) is 10.0 Å². The molecule has 1 aromatic rings. The minimum atomic E-state index is -3.53. The Morgan fingerprint density at radius 1 is 1.24 bits per heavy atom. The normalized spacial score (nSPS) is 12.4. The van der Waals surface area contributed by atoms with E-state index in [0.29, 0.717) is 13.0 Å². The van der Waals surface area contributed by atoms with Gasteiger partial charge in [-0.1, -0.05) is 43.7 Å². The SMILES string of the molecule is CCCCS(=O)(=O)N[C@@H](C)C(=O)OCC(=O)N(C)Cc1ccccc1. The van der Waals surface area contributed by atoms with E-state index < -0.39 is 28.6 Å². The molecule has 140 valence electrons. The standard InChI is InChI=1S/C17H26N2O5S/c1-4-5-11-25(22,23)18-14(2)17(21)24-13-16(20)19(3)12-15-9-7-6-8-10-15/h6-10,14,18H,4-5,11-13H2,1-3H3/t14-/m0/s1. The average Bonchev–Trinajstić information content (AvgIpc) is 2.58. The Hall–Kier alpha value is -1.93. The first-order valence-corrected chi connectivity index (χ1v) is 9.85. The molecule has 1 aromatic carbocycles. The number of sulfonamides is 1. The summed E-state index contributed by atoms with van der Waals surface area (Å²) in [4.78, 5) is 25.3. The van der Waals surface area contributed by atoms with Crippen molar-refractivity contribution in [2.24, 2.45) is 0 Å². The van der Waals surface area contributed by atoms with Gasteiger partial charge < -0.3 is 9.64 Å². The van der Waals surface area contributed by atoms with Gasteiger partial charge in [-0.05, 0) is 18.9 Å². The van der Waals surface area contributed by atoms with Crippen molar-refractivity contribution in [3.05, 3.63) is 35.9 Å². The largest absolute Gasteiger partial charge is 0.454 e. The van der Waals surface area contributed by atoms with E-state index in [1.807, 2.05) is 37.3 Å². The number of hydrogen-bond donors (Lipinski definition) is 1. The zero-order valence-electron chi connectivity index (χ0n) is 14.9. The molecule has 0 fully saturated rings. The van der Waals surface area contributed by atoms with Gasteiger partial charge in [-0.2, -0.15) is 0 Å². The summed E-state index contributed by atoms with van der Waals surface area (Å²) in [5.41, 5.74) is 0.960. The second kappa shape index (κ2) is 10.1. The van der Waals surface area contributed by atoms with Crippen molar-refractivity contribution in [2.45, 2.75) is 39.3 Å².